The zero-order valence-electron chi connectivity index (χ0n) is 12.5. The van der Waals surface area contributed by atoms with Crippen molar-refractivity contribution in [3.63, 3.8) is 0 Å². The van der Waals surface area contributed by atoms with Crippen molar-refractivity contribution in [2.75, 3.05) is 6.61 Å². The highest BCUT2D eigenvalue weighted by Crippen LogP contribution is 2.24. The second-order valence-electron chi connectivity index (χ2n) is 5.91. The first-order chi connectivity index (χ1) is 8.84. The van der Waals surface area contributed by atoms with Gasteiger partial charge in [-0.2, -0.15) is 0 Å². The Balaban J connectivity index is 2.57. The molecule has 19 heavy (non-hydrogen) atoms. The lowest BCUT2D eigenvalue weighted by Gasteiger charge is -2.26. The Labute approximate surface area is 116 Å². The third kappa shape index (κ3) is 5.21. The van der Waals surface area contributed by atoms with E-state index in [-0.39, 0.29) is 6.04 Å². The number of ether oxygens (including phenoxy) is 1. The van der Waals surface area contributed by atoms with Gasteiger partial charge in [-0.25, -0.2) is 0 Å². The first-order valence-corrected chi connectivity index (χ1v) is 7.05. The summed E-state index contributed by atoms with van der Waals surface area (Å²) in [6, 6.07) is 7.28. The van der Waals surface area contributed by atoms with Crippen molar-refractivity contribution in [2.24, 2.45) is 11.7 Å². The smallest absolute Gasteiger partial charge is 0.119 e. The van der Waals surface area contributed by atoms with E-state index >= 15 is 0 Å². The summed E-state index contributed by atoms with van der Waals surface area (Å²) in [5, 5.41) is 9.89. The highest BCUT2D eigenvalue weighted by molar-refractivity contribution is 5.30. The molecule has 0 fully saturated rings. The maximum absolute atomic E-state index is 9.89. The van der Waals surface area contributed by atoms with Gasteiger partial charge in [0.25, 0.3) is 0 Å². The van der Waals surface area contributed by atoms with E-state index in [4.69, 9.17) is 10.5 Å². The highest BCUT2D eigenvalue weighted by Gasteiger charge is 2.24. The minimum Gasteiger partial charge on any atom is -0.493 e. The Kier molecular flexibility index (Phi) is 5.83. The van der Waals surface area contributed by atoms with E-state index in [0.29, 0.717) is 5.92 Å². The standard InChI is InChI=1S/C16H27NO2/c1-5-6-12(2)11-19-14-9-7-13(8-10-14)15(17)16(3,4)18/h7-10,12,15,18H,5-6,11,17H2,1-4H3. The summed E-state index contributed by atoms with van der Waals surface area (Å²) in [6.45, 7) is 8.55. The van der Waals surface area contributed by atoms with Crippen molar-refractivity contribution in [1.29, 1.82) is 0 Å². The average molecular weight is 265 g/mol. The maximum atomic E-state index is 9.89. The topological polar surface area (TPSA) is 55.5 Å². The van der Waals surface area contributed by atoms with E-state index in [1.165, 1.54) is 12.8 Å². The molecule has 0 saturated heterocycles. The first kappa shape index (κ1) is 16.0. The van der Waals surface area contributed by atoms with Gasteiger partial charge >= 0.3 is 0 Å². The molecule has 0 aliphatic heterocycles. The van der Waals surface area contributed by atoms with E-state index in [9.17, 15) is 5.11 Å². The summed E-state index contributed by atoms with van der Waals surface area (Å²) in [5.41, 5.74) is 5.99. The fraction of sp³-hybridized carbons (Fsp3) is 0.625. The normalized spacial score (nSPS) is 15.1. The molecule has 2 atom stereocenters. The molecule has 0 aromatic heterocycles. The number of hydrogen-bond acceptors (Lipinski definition) is 3. The van der Waals surface area contributed by atoms with Crippen LogP contribution in [0.15, 0.2) is 24.3 Å². The second kappa shape index (κ2) is 6.92. The zero-order valence-corrected chi connectivity index (χ0v) is 12.5. The molecule has 0 aliphatic carbocycles. The van der Waals surface area contributed by atoms with E-state index in [2.05, 4.69) is 13.8 Å². The van der Waals surface area contributed by atoms with Gasteiger partial charge in [-0.1, -0.05) is 32.4 Å². The van der Waals surface area contributed by atoms with Crippen LogP contribution in [-0.4, -0.2) is 17.3 Å². The monoisotopic (exact) mass is 265 g/mol. The Morgan fingerprint density at radius 2 is 1.84 bits per heavy atom. The third-order valence-corrected chi connectivity index (χ3v) is 3.32. The van der Waals surface area contributed by atoms with Crippen LogP contribution in [0.5, 0.6) is 5.75 Å². The summed E-state index contributed by atoms with van der Waals surface area (Å²) in [7, 11) is 0. The van der Waals surface area contributed by atoms with Crippen LogP contribution in [0.25, 0.3) is 0 Å². The third-order valence-electron chi connectivity index (χ3n) is 3.32. The number of rotatable bonds is 7. The molecule has 0 bridgehead atoms. The minimum atomic E-state index is -0.919. The Bertz CT molecular complexity index is 367. The van der Waals surface area contributed by atoms with Gasteiger partial charge < -0.3 is 15.6 Å². The number of aliphatic hydroxyl groups is 1. The molecule has 3 nitrogen and oxygen atoms in total. The van der Waals surface area contributed by atoms with Gasteiger partial charge in [0.15, 0.2) is 0 Å². The summed E-state index contributed by atoms with van der Waals surface area (Å²) >= 11 is 0. The molecular weight excluding hydrogens is 238 g/mol. The SMILES string of the molecule is CCCC(C)COc1ccc(C(N)C(C)(C)O)cc1. The molecule has 0 spiro atoms. The molecule has 3 heteroatoms. The second-order valence-corrected chi connectivity index (χ2v) is 5.91. The average Bonchev–Trinajstić information content (AvgIpc) is 2.35. The van der Waals surface area contributed by atoms with Crippen LogP contribution in [0.1, 0.15) is 52.1 Å². The molecule has 0 amide bonds. The van der Waals surface area contributed by atoms with Crippen LogP contribution < -0.4 is 10.5 Å². The molecule has 1 rings (SSSR count). The molecule has 0 aliphatic rings. The summed E-state index contributed by atoms with van der Waals surface area (Å²) in [4.78, 5) is 0. The molecular formula is C16H27NO2. The predicted molar refractivity (Wildman–Crippen MR) is 79.2 cm³/mol. The summed E-state index contributed by atoms with van der Waals surface area (Å²) in [5.74, 6) is 1.43. The van der Waals surface area contributed by atoms with E-state index in [1.54, 1.807) is 13.8 Å². The van der Waals surface area contributed by atoms with Gasteiger partial charge in [0.05, 0.1) is 18.2 Å². The molecule has 0 saturated carbocycles. The summed E-state index contributed by atoms with van der Waals surface area (Å²) in [6.07, 6.45) is 2.37. The van der Waals surface area contributed by atoms with Gasteiger partial charge in [-0.05, 0) is 43.9 Å². The lowest BCUT2D eigenvalue weighted by atomic mass is 9.93. The van der Waals surface area contributed by atoms with Crippen molar-refractivity contribution in [1.82, 2.24) is 0 Å². The van der Waals surface area contributed by atoms with Crippen LogP contribution >= 0.6 is 0 Å². The van der Waals surface area contributed by atoms with Gasteiger partial charge in [0.1, 0.15) is 5.75 Å². The highest BCUT2D eigenvalue weighted by atomic mass is 16.5. The lowest BCUT2D eigenvalue weighted by Crippen LogP contribution is -2.34. The molecule has 0 radical (unpaired) electrons. The van der Waals surface area contributed by atoms with Gasteiger partial charge in [0.2, 0.25) is 0 Å². The number of benzene rings is 1. The molecule has 0 heterocycles. The number of nitrogens with two attached hydrogens (primary N) is 1. The molecule has 1 aromatic carbocycles. The molecule has 1 aromatic rings. The zero-order chi connectivity index (χ0) is 14.5. The Hall–Kier alpha value is -1.06. The first-order valence-electron chi connectivity index (χ1n) is 7.05. The predicted octanol–water partition coefficient (Wildman–Crippen LogP) is 3.27. The van der Waals surface area contributed by atoms with E-state index in [1.807, 2.05) is 24.3 Å². The molecule has 3 N–H and O–H groups in total. The molecule has 2 unspecified atom stereocenters. The minimum absolute atomic E-state index is 0.388. The quantitative estimate of drug-likeness (QED) is 0.795. The summed E-state index contributed by atoms with van der Waals surface area (Å²) < 4.78 is 5.74. The number of hydrogen-bond donors (Lipinski definition) is 2. The van der Waals surface area contributed by atoms with Crippen LogP contribution in [0, 0.1) is 5.92 Å². The molecule has 108 valence electrons. The van der Waals surface area contributed by atoms with Gasteiger partial charge in [-0.3, -0.25) is 0 Å². The Morgan fingerprint density at radius 1 is 1.26 bits per heavy atom. The van der Waals surface area contributed by atoms with E-state index < -0.39 is 5.60 Å². The van der Waals surface area contributed by atoms with Crippen molar-refractivity contribution < 1.29 is 9.84 Å². The van der Waals surface area contributed by atoms with Crippen molar-refractivity contribution in [3.8, 4) is 5.75 Å². The lowest BCUT2D eigenvalue weighted by molar-refractivity contribution is 0.0517. The fourth-order valence-electron chi connectivity index (χ4n) is 1.99. The van der Waals surface area contributed by atoms with Crippen LogP contribution in [0.4, 0.5) is 0 Å². The van der Waals surface area contributed by atoms with E-state index in [0.717, 1.165) is 17.9 Å². The van der Waals surface area contributed by atoms with Crippen molar-refractivity contribution in [3.05, 3.63) is 29.8 Å². The maximum Gasteiger partial charge on any atom is 0.119 e. The van der Waals surface area contributed by atoms with Gasteiger partial charge in [0, 0.05) is 0 Å². The van der Waals surface area contributed by atoms with Crippen molar-refractivity contribution in [2.45, 2.75) is 52.2 Å². The largest absolute Gasteiger partial charge is 0.493 e. The van der Waals surface area contributed by atoms with Crippen LogP contribution in [0.2, 0.25) is 0 Å². The van der Waals surface area contributed by atoms with Crippen LogP contribution in [0.3, 0.4) is 0 Å². The Morgan fingerprint density at radius 3 is 2.32 bits per heavy atom. The van der Waals surface area contributed by atoms with Crippen LogP contribution in [-0.2, 0) is 0 Å². The van der Waals surface area contributed by atoms with Crippen molar-refractivity contribution >= 4 is 0 Å². The fourth-order valence-corrected chi connectivity index (χ4v) is 1.99. The van der Waals surface area contributed by atoms with Gasteiger partial charge in [-0.15, -0.1) is 0 Å².